The van der Waals surface area contributed by atoms with Crippen LogP contribution in [0, 0.1) is 5.82 Å². The van der Waals surface area contributed by atoms with E-state index >= 15 is 0 Å². The maximum Gasteiger partial charge on any atom is 0.246 e. The quantitative estimate of drug-likeness (QED) is 0.796. The molecule has 0 aliphatic carbocycles. The van der Waals surface area contributed by atoms with Crippen molar-refractivity contribution in [2.24, 2.45) is 0 Å². The van der Waals surface area contributed by atoms with Gasteiger partial charge in [-0.1, -0.05) is 22.9 Å². The minimum atomic E-state index is -0.411. The first-order valence-electron chi connectivity index (χ1n) is 6.59. The molecule has 114 valence electrons. The second kappa shape index (κ2) is 8.56. The number of hydrogen-bond donors (Lipinski definition) is 1. The van der Waals surface area contributed by atoms with Gasteiger partial charge < -0.3 is 10.2 Å². The van der Waals surface area contributed by atoms with Crippen LogP contribution in [0.4, 0.5) is 4.39 Å². The molecule has 21 heavy (non-hydrogen) atoms. The van der Waals surface area contributed by atoms with Gasteiger partial charge in [0.15, 0.2) is 0 Å². The van der Waals surface area contributed by atoms with Crippen LogP contribution >= 0.6 is 15.9 Å². The number of rotatable bonds is 6. The van der Waals surface area contributed by atoms with E-state index in [2.05, 4.69) is 21.2 Å². The maximum atomic E-state index is 13.5. The van der Waals surface area contributed by atoms with E-state index in [1.807, 2.05) is 6.92 Å². The first-order valence-corrected chi connectivity index (χ1v) is 7.38. The van der Waals surface area contributed by atoms with E-state index in [9.17, 15) is 14.0 Å². The number of carbonyl (C=O) groups excluding carboxylic acids is 2. The van der Waals surface area contributed by atoms with Crippen LogP contribution in [0.3, 0.4) is 0 Å². The summed E-state index contributed by atoms with van der Waals surface area (Å²) in [5.74, 6) is -0.985. The summed E-state index contributed by atoms with van der Waals surface area (Å²) in [6, 6.07) is 4.47. The summed E-state index contributed by atoms with van der Waals surface area (Å²) in [6.45, 7) is 2.51. The molecule has 0 bridgehead atoms. The van der Waals surface area contributed by atoms with Gasteiger partial charge in [0.05, 0.1) is 6.54 Å². The van der Waals surface area contributed by atoms with E-state index in [4.69, 9.17) is 0 Å². The molecule has 0 aromatic heterocycles. The Morgan fingerprint density at radius 1 is 1.43 bits per heavy atom. The molecule has 0 unspecified atom stereocenters. The third-order valence-electron chi connectivity index (χ3n) is 2.69. The Bertz CT molecular complexity index is 546. The standard InChI is InChI=1S/C15H18BrFN2O2/c1-3-8-18-14(20)10-19(2)15(21)7-4-11-9-12(16)5-6-13(11)17/h4-7,9H,3,8,10H2,1-2H3,(H,18,20)/b7-4+. The number of likely N-dealkylation sites (N-methyl/N-ethyl adjacent to an activating group) is 1. The summed E-state index contributed by atoms with van der Waals surface area (Å²) in [5.41, 5.74) is 0.307. The zero-order valence-electron chi connectivity index (χ0n) is 12.0. The fourth-order valence-corrected chi connectivity index (χ4v) is 1.92. The third kappa shape index (κ3) is 6.08. The fraction of sp³-hybridized carbons (Fsp3) is 0.333. The Balaban J connectivity index is 2.61. The average Bonchev–Trinajstić information content (AvgIpc) is 2.45. The molecular formula is C15H18BrFN2O2. The molecule has 0 aliphatic heterocycles. The van der Waals surface area contributed by atoms with Crippen molar-refractivity contribution < 1.29 is 14.0 Å². The molecule has 0 atom stereocenters. The van der Waals surface area contributed by atoms with Crippen LogP contribution in [-0.2, 0) is 9.59 Å². The zero-order valence-corrected chi connectivity index (χ0v) is 13.6. The highest BCUT2D eigenvalue weighted by Gasteiger charge is 2.10. The Morgan fingerprint density at radius 2 is 2.14 bits per heavy atom. The lowest BCUT2D eigenvalue weighted by Gasteiger charge is -2.14. The van der Waals surface area contributed by atoms with Crippen LogP contribution in [0.25, 0.3) is 6.08 Å². The number of carbonyl (C=O) groups is 2. The molecule has 0 saturated heterocycles. The molecular weight excluding hydrogens is 339 g/mol. The van der Waals surface area contributed by atoms with E-state index < -0.39 is 5.82 Å². The van der Waals surface area contributed by atoms with Gasteiger partial charge in [-0.25, -0.2) is 4.39 Å². The summed E-state index contributed by atoms with van der Waals surface area (Å²) in [7, 11) is 1.52. The molecule has 0 fully saturated rings. The predicted molar refractivity (Wildman–Crippen MR) is 84.1 cm³/mol. The highest BCUT2D eigenvalue weighted by Crippen LogP contribution is 2.16. The van der Waals surface area contributed by atoms with E-state index in [-0.39, 0.29) is 18.4 Å². The number of hydrogen-bond acceptors (Lipinski definition) is 2. The molecule has 0 aliphatic rings. The highest BCUT2D eigenvalue weighted by atomic mass is 79.9. The Kier molecular flexibility index (Phi) is 7.08. The molecule has 1 rings (SSSR count). The van der Waals surface area contributed by atoms with Gasteiger partial charge in [0.2, 0.25) is 11.8 Å². The number of nitrogens with one attached hydrogen (secondary N) is 1. The molecule has 6 heteroatoms. The van der Waals surface area contributed by atoms with Crippen LogP contribution in [0.15, 0.2) is 28.7 Å². The van der Waals surface area contributed by atoms with Crippen molar-refractivity contribution in [3.8, 4) is 0 Å². The number of nitrogens with zero attached hydrogens (tertiary/aromatic N) is 1. The third-order valence-corrected chi connectivity index (χ3v) is 3.19. The molecule has 2 amide bonds. The van der Waals surface area contributed by atoms with E-state index in [1.165, 1.54) is 30.2 Å². The lowest BCUT2D eigenvalue weighted by Crippen LogP contribution is -2.37. The number of benzene rings is 1. The largest absolute Gasteiger partial charge is 0.355 e. The van der Waals surface area contributed by atoms with E-state index in [1.54, 1.807) is 12.1 Å². The molecule has 4 nitrogen and oxygen atoms in total. The van der Waals surface area contributed by atoms with Crippen molar-refractivity contribution in [2.75, 3.05) is 20.1 Å². The Labute approximate surface area is 132 Å². The van der Waals surface area contributed by atoms with Gasteiger partial charge in [-0.05, 0) is 30.7 Å². The number of amides is 2. The molecule has 0 spiro atoms. The summed E-state index contributed by atoms with van der Waals surface area (Å²) in [6.07, 6.45) is 3.48. The van der Waals surface area contributed by atoms with Crippen LogP contribution < -0.4 is 5.32 Å². The van der Waals surface area contributed by atoms with Crippen molar-refractivity contribution in [2.45, 2.75) is 13.3 Å². The fourth-order valence-electron chi connectivity index (χ4n) is 1.54. The summed E-state index contributed by atoms with van der Waals surface area (Å²) < 4.78 is 14.2. The second-order valence-electron chi connectivity index (χ2n) is 4.54. The topological polar surface area (TPSA) is 49.4 Å². The van der Waals surface area contributed by atoms with E-state index in [0.717, 1.165) is 10.9 Å². The molecule has 1 N–H and O–H groups in total. The SMILES string of the molecule is CCCNC(=O)CN(C)C(=O)/C=C/c1cc(Br)ccc1F. The van der Waals surface area contributed by atoms with Gasteiger partial charge in [-0.15, -0.1) is 0 Å². The van der Waals surface area contributed by atoms with Crippen LogP contribution in [0.5, 0.6) is 0 Å². The van der Waals surface area contributed by atoms with Crippen molar-refractivity contribution >= 4 is 33.8 Å². The van der Waals surface area contributed by atoms with Gasteiger partial charge in [-0.3, -0.25) is 9.59 Å². The zero-order chi connectivity index (χ0) is 15.8. The minimum Gasteiger partial charge on any atom is -0.355 e. The van der Waals surface area contributed by atoms with Gasteiger partial charge in [0, 0.05) is 29.7 Å². The molecule has 0 saturated carbocycles. The summed E-state index contributed by atoms with van der Waals surface area (Å²) in [4.78, 5) is 24.6. The highest BCUT2D eigenvalue weighted by molar-refractivity contribution is 9.10. The van der Waals surface area contributed by atoms with Crippen LogP contribution in [-0.4, -0.2) is 36.9 Å². The second-order valence-corrected chi connectivity index (χ2v) is 5.46. The smallest absolute Gasteiger partial charge is 0.246 e. The molecule has 0 heterocycles. The van der Waals surface area contributed by atoms with Gasteiger partial charge in [0.25, 0.3) is 0 Å². The first kappa shape index (κ1) is 17.4. The first-order chi connectivity index (χ1) is 9.93. The predicted octanol–water partition coefficient (Wildman–Crippen LogP) is 2.59. The van der Waals surface area contributed by atoms with Crippen LogP contribution in [0.1, 0.15) is 18.9 Å². The van der Waals surface area contributed by atoms with Crippen molar-refractivity contribution in [1.29, 1.82) is 0 Å². The molecule has 1 aromatic rings. The maximum absolute atomic E-state index is 13.5. The van der Waals surface area contributed by atoms with Gasteiger partial charge in [0.1, 0.15) is 5.82 Å². The van der Waals surface area contributed by atoms with Gasteiger partial charge in [-0.2, -0.15) is 0 Å². The number of halogens is 2. The lowest BCUT2D eigenvalue weighted by atomic mass is 10.2. The summed E-state index contributed by atoms with van der Waals surface area (Å²) in [5, 5.41) is 2.69. The van der Waals surface area contributed by atoms with Crippen molar-refractivity contribution in [3.05, 3.63) is 40.1 Å². The normalized spacial score (nSPS) is 10.7. The monoisotopic (exact) mass is 356 g/mol. The van der Waals surface area contributed by atoms with Crippen LogP contribution in [0.2, 0.25) is 0 Å². The summed E-state index contributed by atoms with van der Waals surface area (Å²) >= 11 is 3.24. The Morgan fingerprint density at radius 3 is 2.81 bits per heavy atom. The molecule has 1 aromatic carbocycles. The lowest BCUT2D eigenvalue weighted by molar-refractivity contribution is -0.131. The minimum absolute atomic E-state index is 0.0237. The van der Waals surface area contributed by atoms with Crippen molar-refractivity contribution in [3.63, 3.8) is 0 Å². The van der Waals surface area contributed by atoms with Crippen molar-refractivity contribution in [1.82, 2.24) is 10.2 Å². The Hall–Kier alpha value is -1.69. The van der Waals surface area contributed by atoms with Gasteiger partial charge >= 0.3 is 0 Å². The van der Waals surface area contributed by atoms with E-state index in [0.29, 0.717) is 12.1 Å². The average molecular weight is 357 g/mol. The molecule has 0 radical (unpaired) electrons.